The van der Waals surface area contributed by atoms with Crippen molar-refractivity contribution in [3.05, 3.63) is 33.3 Å². The van der Waals surface area contributed by atoms with E-state index in [4.69, 9.17) is 11.6 Å². The third kappa shape index (κ3) is 5.70. The van der Waals surface area contributed by atoms with Gasteiger partial charge >= 0.3 is 0 Å². The van der Waals surface area contributed by atoms with E-state index >= 15 is 0 Å². The van der Waals surface area contributed by atoms with Crippen LogP contribution < -0.4 is 10.6 Å². The van der Waals surface area contributed by atoms with E-state index in [1.165, 1.54) is 30.0 Å². The standard InChI is InChI=1S/C16H19ClN4O4S/c1-9(2)5-6-18-16-20-15(23)13(26-16)8-14(22)19-12-7-10(21(24)25)3-4-11(12)17/h3-4,7,9,13H,5-6,8H2,1-2H3,(H,19,22)(H,18,20,23)/t13-/m0/s1. The number of rotatable bonds is 7. The van der Waals surface area contributed by atoms with E-state index in [1.54, 1.807) is 0 Å². The zero-order valence-electron chi connectivity index (χ0n) is 14.3. The fourth-order valence-electron chi connectivity index (χ4n) is 2.13. The maximum absolute atomic E-state index is 12.2. The predicted octanol–water partition coefficient (Wildman–Crippen LogP) is 3.21. The number of amidine groups is 1. The van der Waals surface area contributed by atoms with Crippen molar-refractivity contribution in [2.45, 2.75) is 31.9 Å². The molecule has 2 amide bonds. The van der Waals surface area contributed by atoms with Crippen molar-refractivity contribution in [2.24, 2.45) is 10.9 Å². The van der Waals surface area contributed by atoms with Crippen LogP contribution in [0.25, 0.3) is 0 Å². The summed E-state index contributed by atoms with van der Waals surface area (Å²) in [5, 5.41) is 16.1. The lowest BCUT2D eigenvalue weighted by atomic mass is 10.1. The van der Waals surface area contributed by atoms with Gasteiger partial charge in [-0.1, -0.05) is 37.2 Å². The molecule has 1 saturated heterocycles. The van der Waals surface area contributed by atoms with E-state index < -0.39 is 16.1 Å². The van der Waals surface area contributed by atoms with Gasteiger partial charge < -0.3 is 10.6 Å². The lowest BCUT2D eigenvalue weighted by molar-refractivity contribution is -0.384. The highest BCUT2D eigenvalue weighted by Crippen LogP contribution is 2.28. The number of halogens is 1. The lowest BCUT2D eigenvalue weighted by Gasteiger charge is -2.08. The Morgan fingerprint density at radius 2 is 2.23 bits per heavy atom. The number of aliphatic imine (C=N–C) groups is 1. The van der Waals surface area contributed by atoms with Crippen molar-refractivity contribution in [1.82, 2.24) is 5.32 Å². The van der Waals surface area contributed by atoms with Crippen molar-refractivity contribution >= 4 is 51.7 Å². The molecule has 1 atom stereocenters. The normalized spacial score (nSPS) is 18.2. The Hall–Kier alpha value is -2.13. The highest BCUT2D eigenvalue weighted by atomic mass is 35.5. The third-order valence-corrected chi connectivity index (χ3v) is 4.99. The van der Waals surface area contributed by atoms with Crippen LogP contribution in [-0.4, -0.2) is 33.7 Å². The van der Waals surface area contributed by atoms with Crippen LogP contribution >= 0.6 is 23.4 Å². The summed E-state index contributed by atoms with van der Waals surface area (Å²) in [5.74, 6) is -0.218. The number of non-ortho nitro benzene ring substituents is 1. The number of hydrogen-bond donors (Lipinski definition) is 2. The van der Waals surface area contributed by atoms with Gasteiger partial charge in [0, 0.05) is 25.1 Å². The first kappa shape index (κ1) is 20.2. The van der Waals surface area contributed by atoms with Gasteiger partial charge in [0.2, 0.25) is 11.8 Å². The topological polar surface area (TPSA) is 114 Å². The number of carbonyl (C=O) groups excluding carboxylic acids is 2. The number of thioether (sulfide) groups is 1. The number of nitro benzene ring substituents is 1. The zero-order chi connectivity index (χ0) is 19.3. The van der Waals surface area contributed by atoms with Gasteiger partial charge in [0.15, 0.2) is 5.17 Å². The van der Waals surface area contributed by atoms with Crippen LogP contribution in [0.5, 0.6) is 0 Å². The summed E-state index contributed by atoms with van der Waals surface area (Å²) < 4.78 is 0. The van der Waals surface area contributed by atoms with Gasteiger partial charge in [-0.25, -0.2) is 0 Å². The molecule has 0 unspecified atom stereocenters. The first-order valence-corrected chi connectivity index (χ1v) is 9.27. The van der Waals surface area contributed by atoms with Crippen molar-refractivity contribution in [1.29, 1.82) is 0 Å². The molecule has 1 fully saturated rings. The average molecular weight is 399 g/mol. The number of anilines is 1. The summed E-state index contributed by atoms with van der Waals surface area (Å²) in [6.07, 6.45) is 0.828. The van der Waals surface area contributed by atoms with Gasteiger partial charge in [-0.3, -0.25) is 24.7 Å². The van der Waals surface area contributed by atoms with Crippen LogP contribution in [0.2, 0.25) is 5.02 Å². The lowest BCUT2D eigenvalue weighted by Crippen LogP contribution is -2.28. The number of carbonyl (C=O) groups is 2. The molecule has 2 N–H and O–H groups in total. The highest BCUT2D eigenvalue weighted by molar-refractivity contribution is 8.15. The minimum absolute atomic E-state index is 0.0846. The molecule has 0 radical (unpaired) electrons. The Balaban J connectivity index is 1.95. The van der Waals surface area contributed by atoms with Crippen LogP contribution in [0.15, 0.2) is 23.2 Å². The molecule has 26 heavy (non-hydrogen) atoms. The Bertz CT molecular complexity index is 754. The minimum atomic E-state index is -0.592. The Kier molecular flexibility index (Phi) is 6.98. The molecule has 1 aromatic rings. The molecule has 0 saturated carbocycles. The fourth-order valence-corrected chi connectivity index (χ4v) is 3.29. The molecule has 0 aliphatic carbocycles. The van der Waals surface area contributed by atoms with E-state index in [1.807, 2.05) is 0 Å². The van der Waals surface area contributed by atoms with Crippen LogP contribution in [0.4, 0.5) is 11.4 Å². The molecule has 0 aromatic heterocycles. The second-order valence-corrected chi connectivity index (χ2v) is 7.74. The number of nitrogens with zero attached hydrogens (tertiary/aromatic N) is 2. The predicted molar refractivity (Wildman–Crippen MR) is 103 cm³/mol. The van der Waals surface area contributed by atoms with Gasteiger partial charge in [0.1, 0.15) is 5.25 Å². The van der Waals surface area contributed by atoms with Crippen molar-refractivity contribution < 1.29 is 14.5 Å². The average Bonchev–Trinajstić information content (AvgIpc) is 2.88. The quantitative estimate of drug-likeness (QED) is 0.540. The molecular formula is C16H19ClN4O4S. The zero-order valence-corrected chi connectivity index (χ0v) is 15.9. The summed E-state index contributed by atoms with van der Waals surface area (Å²) in [7, 11) is 0. The molecule has 2 rings (SSSR count). The highest BCUT2D eigenvalue weighted by Gasteiger charge is 2.32. The van der Waals surface area contributed by atoms with Crippen molar-refractivity contribution in [2.75, 3.05) is 11.9 Å². The third-order valence-electron chi connectivity index (χ3n) is 3.54. The summed E-state index contributed by atoms with van der Waals surface area (Å²) >= 11 is 7.16. The van der Waals surface area contributed by atoms with Crippen molar-refractivity contribution in [3.8, 4) is 0 Å². The van der Waals surface area contributed by atoms with Crippen molar-refractivity contribution in [3.63, 3.8) is 0 Å². The molecule has 0 bridgehead atoms. The molecule has 1 heterocycles. The molecule has 10 heteroatoms. The van der Waals surface area contributed by atoms with Crippen LogP contribution in [0, 0.1) is 16.0 Å². The van der Waals surface area contributed by atoms with E-state index in [-0.39, 0.29) is 28.7 Å². The Labute approximate surface area is 159 Å². The van der Waals surface area contributed by atoms with E-state index in [0.29, 0.717) is 17.6 Å². The van der Waals surface area contributed by atoms with Crippen LogP contribution in [-0.2, 0) is 9.59 Å². The monoisotopic (exact) mass is 398 g/mol. The van der Waals surface area contributed by atoms with Gasteiger partial charge in [-0.2, -0.15) is 0 Å². The van der Waals surface area contributed by atoms with Gasteiger partial charge in [0.25, 0.3) is 5.69 Å². The van der Waals surface area contributed by atoms with Gasteiger partial charge in [0.05, 0.1) is 15.6 Å². The largest absolute Gasteiger partial charge is 0.325 e. The number of amides is 2. The summed E-state index contributed by atoms with van der Waals surface area (Å²) in [4.78, 5) is 38.7. The summed E-state index contributed by atoms with van der Waals surface area (Å²) in [6, 6.07) is 3.77. The molecule has 140 valence electrons. The molecule has 0 spiro atoms. The van der Waals surface area contributed by atoms with E-state index in [2.05, 4.69) is 29.5 Å². The fraction of sp³-hybridized carbons (Fsp3) is 0.438. The number of nitrogens with one attached hydrogen (secondary N) is 2. The first-order chi connectivity index (χ1) is 12.3. The maximum Gasteiger partial charge on any atom is 0.271 e. The molecular weight excluding hydrogens is 380 g/mol. The molecule has 8 nitrogen and oxygen atoms in total. The molecule has 1 aromatic carbocycles. The first-order valence-electron chi connectivity index (χ1n) is 8.02. The second-order valence-electron chi connectivity index (χ2n) is 6.14. The molecule has 1 aliphatic heterocycles. The van der Waals surface area contributed by atoms with Crippen LogP contribution in [0.3, 0.4) is 0 Å². The second kappa shape index (κ2) is 9.00. The van der Waals surface area contributed by atoms with E-state index in [0.717, 1.165) is 6.42 Å². The minimum Gasteiger partial charge on any atom is -0.325 e. The van der Waals surface area contributed by atoms with Gasteiger partial charge in [-0.15, -0.1) is 0 Å². The SMILES string of the molecule is CC(C)CCN=C1NC(=O)[C@H](CC(=O)Nc2cc([N+](=O)[O-])ccc2Cl)S1. The smallest absolute Gasteiger partial charge is 0.271 e. The summed E-state index contributed by atoms with van der Waals surface area (Å²) in [6.45, 7) is 4.79. The number of benzene rings is 1. The van der Waals surface area contributed by atoms with Gasteiger partial charge in [-0.05, 0) is 18.4 Å². The Morgan fingerprint density at radius 3 is 2.88 bits per heavy atom. The number of nitro groups is 1. The van der Waals surface area contributed by atoms with Crippen LogP contribution in [0.1, 0.15) is 26.7 Å². The summed E-state index contributed by atoms with van der Waals surface area (Å²) in [5.41, 5.74) is -0.0441. The Morgan fingerprint density at radius 1 is 1.50 bits per heavy atom. The maximum atomic E-state index is 12.2. The number of hydrogen-bond acceptors (Lipinski definition) is 6. The molecule has 1 aliphatic rings. The van der Waals surface area contributed by atoms with E-state index in [9.17, 15) is 19.7 Å².